The Morgan fingerprint density at radius 3 is 2.06 bits per heavy atom. The average molecular weight is 507 g/mol. The quantitative estimate of drug-likeness (QED) is 0.188. The van der Waals surface area contributed by atoms with E-state index in [4.69, 9.17) is 0 Å². The molecule has 1 N–H and O–H groups in total. The summed E-state index contributed by atoms with van der Waals surface area (Å²) in [5.74, 6) is -0.975. The van der Waals surface area contributed by atoms with Gasteiger partial charge in [-0.15, -0.1) is 22.7 Å². The summed E-state index contributed by atoms with van der Waals surface area (Å²) < 4.78 is 0. The molecule has 6 heteroatoms. The predicted molar refractivity (Wildman–Crippen MR) is 155 cm³/mol. The zero-order valence-electron chi connectivity index (χ0n) is 20.7. The van der Waals surface area contributed by atoms with Crippen LogP contribution in [0.3, 0.4) is 0 Å². The molecule has 0 fully saturated rings. The van der Waals surface area contributed by atoms with Crippen molar-refractivity contribution in [2.75, 3.05) is 25.0 Å². The fraction of sp³-hybridized carbons (Fsp3) is 0.310. The van der Waals surface area contributed by atoms with E-state index in [1.165, 1.54) is 52.9 Å². The van der Waals surface area contributed by atoms with Gasteiger partial charge >= 0.3 is 5.97 Å². The summed E-state index contributed by atoms with van der Waals surface area (Å²) >= 11 is 3.31. The number of anilines is 1. The van der Waals surface area contributed by atoms with Crippen molar-refractivity contribution in [1.82, 2.24) is 0 Å². The second-order valence-corrected chi connectivity index (χ2v) is 10.5. The van der Waals surface area contributed by atoms with Gasteiger partial charge in [-0.05, 0) is 67.0 Å². The number of hydrogen-bond donors (Lipinski definition) is 1. The number of nitrogens with zero attached hydrogens (tertiary/aromatic N) is 2. The number of unbranched alkanes of at least 4 members (excludes halogenated alkanes) is 2. The van der Waals surface area contributed by atoms with E-state index in [1.807, 2.05) is 12.1 Å². The molecule has 0 aliphatic carbocycles. The number of carboxylic acid groups (broad SMARTS) is 1. The highest BCUT2D eigenvalue weighted by Crippen LogP contribution is 2.35. The minimum atomic E-state index is -0.975. The third kappa shape index (κ3) is 8.05. The highest BCUT2D eigenvalue weighted by atomic mass is 32.1. The third-order valence-electron chi connectivity index (χ3n) is 5.57. The topological polar surface area (TPSA) is 52.9 Å². The molecule has 0 spiro atoms. The largest absolute Gasteiger partial charge is 0.478 e. The number of carboxylic acids is 1. The lowest BCUT2D eigenvalue weighted by Gasteiger charge is -2.24. The number of benzene rings is 1. The zero-order valence-corrected chi connectivity index (χ0v) is 22.4. The molecular formula is C29H34N2O2S2. The van der Waals surface area contributed by atoms with Gasteiger partial charge in [0.05, 0.1) is 5.57 Å². The van der Waals surface area contributed by atoms with Crippen LogP contribution in [0, 0.1) is 0 Å². The first-order chi connectivity index (χ1) is 17.0. The van der Waals surface area contributed by atoms with Crippen molar-refractivity contribution in [3.05, 3.63) is 69.4 Å². The molecule has 2 heterocycles. The van der Waals surface area contributed by atoms with E-state index in [0.717, 1.165) is 22.8 Å². The van der Waals surface area contributed by atoms with E-state index in [9.17, 15) is 9.90 Å². The standard InChI is InChI=1S/C29H34N2O2S2/c1-4-6-18-31(19-7-5-2)24-11-8-22(9-12-24)10-13-25-14-16-27(34-25)28-17-15-26(35-28)20-23(21-30-3)29(32)33/h8-17,20-21H,4-7,18-19H2,1-3H3,(H,32,33). The monoisotopic (exact) mass is 506 g/mol. The lowest BCUT2D eigenvalue weighted by atomic mass is 10.1. The fourth-order valence-electron chi connectivity index (χ4n) is 3.63. The molecule has 0 amide bonds. The van der Waals surface area contributed by atoms with Crippen LogP contribution in [0.15, 0.2) is 59.1 Å². The molecule has 0 saturated carbocycles. The molecule has 3 aromatic rings. The molecule has 0 unspecified atom stereocenters. The highest BCUT2D eigenvalue weighted by molar-refractivity contribution is 7.23. The summed E-state index contributed by atoms with van der Waals surface area (Å²) in [4.78, 5) is 22.1. The van der Waals surface area contributed by atoms with Gasteiger partial charge in [0.1, 0.15) is 0 Å². The van der Waals surface area contributed by atoms with Gasteiger partial charge in [-0.25, -0.2) is 4.79 Å². The van der Waals surface area contributed by atoms with Crippen LogP contribution < -0.4 is 4.90 Å². The van der Waals surface area contributed by atoms with Gasteiger partial charge in [0.25, 0.3) is 0 Å². The van der Waals surface area contributed by atoms with Gasteiger partial charge in [-0.1, -0.05) is 44.9 Å². The van der Waals surface area contributed by atoms with E-state index in [2.05, 4.69) is 72.3 Å². The van der Waals surface area contributed by atoms with Crippen LogP contribution in [0.25, 0.3) is 28.0 Å². The second-order valence-electron chi connectivity index (χ2n) is 8.32. The van der Waals surface area contributed by atoms with Crippen LogP contribution in [0.1, 0.15) is 54.8 Å². The molecule has 0 radical (unpaired) electrons. The van der Waals surface area contributed by atoms with Gasteiger partial charge < -0.3 is 10.0 Å². The smallest absolute Gasteiger partial charge is 0.337 e. The molecular weight excluding hydrogens is 472 g/mol. The highest BCUT2D eigenvalue weighted by Gasteiger charge is 2.09. The normalized spacial score (nSPS) is 12.1. The van der Waals surface area contributed by atoms with E-state index < -0.39 is 5.97 Å². The lowest BCUT2D eigenvalue weighted by Crippen LogP contribution is -2.25. The summed E-state index contributed by atoms with van der Waals surface area (Å²) in [6.07, 6.45) is 12.2. The Morgan fingerprint density at radius 1 is 0.886 bits per heavy atom. The molecule has 1 aromatic carbocycles. The SMILES string of the molecule is CCCCN(CCCC)c1ccc(C=Cc2ccc(-c3ccc(C=C(C=NC)C(=O)O)s3)s2)cc1. The van der Waals surface area contributed by atoms with Crippen LogP contribution in [0.2, 0.25) is 0 Å². The molecule has 0 saturated heterocycles. The molecule has 0 aliphatic heterocycles. The third-order valence-corrected chi connectivity index (χ3v) is 7.85. The lowest BCUT2D eigenvalue weighted by molar-refractivity contribution is -0.131. The summed E-state index contributed by atoms with van der Waals surface area (Å²) in [7, 11) is 1.57. The van der Waals surface area contributed by atoms with E-state index in [0.29, 0.717) is 0 Å². The summed E-state index contributed by atoms with van der Waals surface area (Å²) in [6.45, 7) is 6.73. The number of carbonyl (C=O) groups is 1. The van der Waals surface area contributed by atoms with Gasteiger partial charge in [0.15, 0.2) is 0 Å². The average Bonchev–Trinajstić information content (AvgIpc) is 3.52. The Labute approximate surface area is 217 Å². The molecule has 0 atom stereocenters. The summed E-state index contributed by atoms with van der Waals surface area (Å²) in [6, 6.07) is 17.1. The second kappa shape index (κ2) is 13.8. The molecule has 35 heavy (non-hydrogen) atoms. The van der Waals surface area contributed by atoms with Crippen LogP contribution in [0.4, 0.5) is 5.69 Å². The Morgan fingerprint density at radius 2 is 1.49 bits per heavy atom. The van der Waals surface area contributed by atoms with Crippen LogP contribution in [-0.2, 0) is 4.79 Å². The van der Waals surface area contributed by atoms with Gasteiger partial charge in [0.2, 0.25) is 0 Å². The number of rotatable bonds is 13. The van der Waals surface area contributed by atoms with Crippen LogP contribution in [-0.4, -0.2) is 37.4 Å². The zero-order chi connectivity index (χ0) is 25.0. The van der Waals surface area contributed by atoms with Crippen LogP contribution >= 0.6 is 22.7 Å². The number of thiophene rings is 2. The Balaban J connectivity index is 1.67. The van der Waals surface area contributed by atoms with Crippen LogP contribution in [0.5, 0.6) is 0 Å². The molecule has 0 bridgehead atoms. The Hall–Kier alpha value is -2.96. The first-order valence-electron chi connectivity index (χ1n) is 12.1. The Kier molecular flexibility index (Phi) is 10.5. The van der Waals surface area contributed by atoms with Crippen molar-refractivity contribution >= 4 is 58.8 Å². The van der Waals surface area contributed by atoms with Crippen molar-refractivity contribution in [2.45, 2.75) is 39.5 Å². The first-order valence-corrected chi connectivity index (χ1v) is 13.8. The van der Waals surface area contributed by atoms with Crippen molar-refractivity contribution < 1.29 is 9.90 Å². The first kappa shape index (κ1) is 26.6. The predicted octanol–water partition coefficient (Wildman–Crippen LogP) is 8.22. The molecule has 0 aliphatic rings. The van der Waals surface area contributed by atoms with Crippen molar-refractivity contribution in [3.63, 3.8) is 0 Å². The molecule has 3 rings (SSSR count). The molecule has 184 valence electrons. The van der Waals surface area contributed by atoms with Crippen molar-refractivity contribution in [1.29, 1.82) is 0 Å². The van der Waals surface area contributed by atoms with E-state index >= 15 is 0 Å². The number of aliphatic carboxylic acids is 1. The molecule has 4 nitrogen and oxygen atoms in total. The summed E-state index contributed by atoms with van der Waals surface area (Å²) in [5, 5.41) is 9.29. The van der Waals surface area contributed by atoms with Crippen molar-refractivity contribution in [2.24, 2.45) is 4.99 Å². The van der Waals surface area contributed by atoms with Gasteiger partial charge in [-0.3, -0.25) is 4.99 Å². The maximum absolute atomic E-state index is 11.3. The van der Waals surface area contributed by atoms with Crippen molar-refractivity contribution in [3.8, 4) is 9.75 Å². The summed E-state index contributed by atoms with van der Waals surface area (Å²) in [5.41, 5.74) is 2.68. The van der Waals surface area contributed by atoms with Gasteiger partial charge in [-0.2, -0.15) is 0 Å². The number of aliphatic imine (C=N–C) groups is 1. The minimum Gasteiger partial charge on any atom is -0.478 e. The maximum Gasteiger partial charge on any atom is 0.337 e. The van der Waals surface area contributed by atoms with Gasteiger partial charge in [0, 0.05) is 51.5 Å². The van der Waals surface area contributed by atoms with E-state index in [1.54, 1.807) is 35.8 Å². The molecule has 2 aromatic heterocycles. The fourth-order valence-corrected chi connectivity index (χ4v) is 5.59. The minimum absolute atomic E-state index is 0.181. The maximum atomic E-state index is 11.3. The number of hydrogen-bond acceptors (Lipinski definition) is 5. The van der Waals surface area contributed by atoms with E-state index in [-0.39, 0.29) is 5.57 Å². The Bertz CT molecular complexity index is 1160.